The highest BCUT2D eigenvalue weighted by Gasteiger charge is 2.25. The van der Waals surface area contributed by atoms with Crippen LogP contribution in [-0.2, 0) is 0 Å². The summed E-state index contributed by atoms with van der Waals surface area (Å²) in [4.78, 5) is 0. The first-order valence-corrected chi connectivity index (χ1v) is 5.26. The number of benzene rings is 1. The van der Waals surface area contributed by atoms with Crippen LogP contribution in [0, 0.1) is 5.41 Å². The van der Waals surface area contributed by atoms with Crippen molar-refractivity contribution in [3.05, 3.63) is 34.9 Å². The third-order valence-corrected chi connectivity index (χ3v) is 2.72. The molecule has 0 saturated carbocycles. The van der Waals surface area contributed by atoms with Gasteiger partial charge in [0.15, 0.2) is 0 Å². The molecule has 0 saturated heterocycles. The fourth-order valence-corrected chi connectivity index (χ4v) is 2.01. The van der Waals surface area contributed by atoms with E-state index in [-0.39, 0.29) is 11.5 Å². The molecule has 0 amide bonds. The van der Waals surface area contributed by atoms with Crippen LogP contribution in [0.2, 0.25) is 5.02 Å². The van der Waals surface area contributed by atoms with Gasteiger partial charge in [0.25, 0.3) is 0 Å². The normalized spacial score (nSPS) is 14.1. The fraction of sp³-hybridized carbons (Fsp3) is 0.500. The molecular weight excluding hydrogens is 194 g/mol. The van der Waals surface area contributed by atoms with Crippen LogP contribution >= 0.6 is 11.6 Å². The molecule has 0 aliphatic rings. The molecule has 0 fully saturated rings. The van der Waals surface area contributed by atoms with Gasteiger partial charge in [-0.1, -0.05) is 50.6 Å². The molecule has 1 rings (SSSR count). The first kappa shape index (κ1) is 11.5. The molecule has 1 aromatic rings. The molecule has 1 aromatic carbocycles. The molecule has 14 heavy (non-hydrogen) atoms. The average molecular weight is 212 g/mol. The summed E-state index contributed by atoms with van der Waals surface area (Å²) in [7, 11) is 1.97. The van der Waals surface area contributed by atoms with Crippen LogP contribution in [0.25, 0.3) is 0 Å². The van der Waals surface area contributed by atoms with Crippen molar-refractivity contribution in [2.24, 2.45) is 5.41 Å². The molecule has 0 aliphatic carbocycles. The Morgan fingerprint density at radius 2 is 1.79 bits per heavy atom. The Labute approximate surface area is 91.5 Å². The maximum atomic E-state index is 6.16. The highest BCUT2D eigenvalue weighted by atomic mass is 35.5. The summed E-state index contributed by atoms with van der Waals surface area (Å²) in [6.07, 6.45) is 0. The number of nitrogens with one attached hydrogen (secondary N) is 1. The van der Waals surface area contributed by atoms with E-state index in [1.54, 1.807) is 0 Å². The minimum Gasteiger partial charge on any atom is -0.313 e. The van der Waals surface area contributed by atoms with Crippen molar-refractivity contribution < 1.29 is 0 Å². The summed E-state index contributed by atoms with van der Waals surface area (Å²) >= 11 is 6.16. The van der Waals surface area contributed by atoms with Crippen molar-refractivity contribution in [1.82, 2.24) is 5.32 Å². The maximum Gasteiger partial charge on any atom is 0.0454 e. The van der Waals surface area contributed by atoms with E-state index < -0.39 is 0 Å². The molecule has 1 nitrogen and oxygen atoms in total. The third-order valence-electron chi connectivity index (χ3n) is 2.37. The third kappa shape index (κ3) is 2.49. The zero-order valence-electron chi connectivity index (χ0n) is 9.26. The zero-order chi connectivity index (χ0) is 10.8. The summed E-state index contributed by atoms with van der Waals surface area (Å²) in [6, 6.07) is 8.29. The van der Waals surface area contributed by atoms with Gasteiger partial charge in [-0.2, -0.15) is 0 Å². The number of hydrogen-bond acceptors (Lipinski definition) is 1. The largest absolute Gasteiger partial charge is 0.313 e. The Hall–Kier alpha value is -0.530. The Balaban J connectivity index is 3.08. The molecule has 0 radical (unpaired) electrons. The van der Waals surface area contributed by atoms with E-state index in [1.165, 1.54) is 5.56 Å². The maximum absolute atomic E-state index is 6.16. The second-order valence-electron chi connectivity index (χ2n) is 4.61. The second kappa shape index (κ2) is 4.33. The van der Waals surface area contributed by atoms with Crippen LogP contribution in [0.4, 0.5) is 0 Å². The molecule has 2 heteroatoms. The fourth-order valence-electron chi connectivity index (χ4n) is 1.76. The van der Waals surface area contributed by atoms with Gasteiger partial charge in [-0.15, -0.1) is 0 Å². The zero-order valence-corrected chi connectivity index (χ0v) is 10.0. The van der Waals surface area contributed by atoms with E-state index >= 15 is 0 Å². The average Bonchev–Trinajstić information content (AvgIpc) is 2.07. The summed E-state index contributed by atoms with van der Waals surface area (Å²) in [5.74, 6) is 0. The van der Waals surface area contributed by atoms with Crippen molar-refractivity contribution in [3.63, 3.8) is 0 Å². The Morgan fingerprint density at radius 3 is 2.21 bits per heavy atom. The summed E-state index contributed by atoms with van der Waals surface area (Å²) in [5, 5.41) is 4.15. The molecule has 1 N–H and O–H groups in total. The first-order chi connectivity index (χ1) is 6.46. The van der Waals surface area contributed by atoms with E-state index in [0.717, 1.165) is 5.02 Å². The monoisotopic (exact) mass is 211 g/mol. The molecule has 1 atom stereocenters. The molecule has 1 unspecified atom stereocenters. The van der Waals surface area contributed by atoms with E-state index in [1.807, 2.05) is 25.2 Å². The van der Waals surface area contributed by atoms with Gasteiger partial charge in [-0.05, 0) is 24.1 Å². The lowest BCUT2D eigenvalue weighted by Gasteiger charge is -2.31. The van der Waals surface area contributed by atoms with Crippen molar-refractivity contribution in [3.8, 4) is 0 Å². The minimum atomic E-state index is 0.166. The van der Waals surface area contributed by atoms with Crippen LogP contribution in [0.1, 0.15) is 32.4 Å². The predicted molar refractivity (Wildman–Crippen MR) is 62.7 cm³/mol. The van der Waals surface area contributed by atoms with Crippen LogP contribution in [0.15, 0.2) is 24.3 Å². The van der Waals surface area contributed by atoms with Gasteiger partial charge >= 0.3 is 0 Å². The van der Waals surface area contributed by atoms with Gasteiger partial charge in [0, 0.05) is 11.1 Å². The molecule has 78 valence electrons. The Morgan fingerprint density at radius 1 is 1.21 bits per heavy atom. The molecular formula is C12H18ClN. The highest BCUT2D eigenvalue weighted by Crippen LogP contribution is 2.35. The molecule has 0 aromatic heterocycles. The number of rotatable bonds is 2. The van der Waals surface area contributed by atoms with Crippen molar-refractivity contribution in [2.75, 3.05) is 7.05 Å². The summed E-state index contributed by atoms with van der Waals surface area (Å²) < 4.78 is 0. The summed E-state index contributed by atoms with van der Waals surface area (Å²) in [6.45, 7) is 6.62. The Kier molecular flexibility index (Phi) is 3.57. The highest BCUT2D eigenvalue weighted by molar-refractivity contribution is 6.31. The van der Waals surface area contributed by atoms with E-state index in [2.05, 4.69) is 32.2 Å². The van der Waals surface area contributed by atoms with Crippen molar-refractivity contribution in [2.45, 2.75) is 26.8 Å². The summed E-state index contributed by atoms with van der Waals surface area (Å²) in [5.41, 5.74) is 1.34. The van der Waals surface area contributed by atoms with E-state index in [4.69, 9.17) is 11.6 Å². The smallest absolute Gasteiger partial charge is 0.0454 e. The van der Waals surface area contributed by atoms with Gasteiger partial charge in [-0.25, -0.2) is 0 Å². The quantitative estimate of drug-likeness (QED) is 0.788. The van der Waals surface area contributed by atoms with Crippen LogP contribution < -0.4 is 5.32 Å². The first-order valence-electron chi connectivity index (χ1n) is 4.88. The van der Waals surface area contributed by atoms with Crippen LogP contribution in [-0.4, -0.2) is 7.05 Å². The van der Waals surface area contributed by atoms with Gasteiger partial charge < -0.3 is 5.32 Å². The lowest BCUT2D eigenvalue weighted by atomic mass is 9.82. The number of hydrogen-bond donors (Lipinski definition) is 1. The minimum absolute atomic E-state index is 0.166. The van der Waals surface area contributed by atoms with Crippen molar-refractivity contribution in [1.29, 1.82) is 0 Å². The van der Waals surface area contributed by atoms with Crippen LogP contribution in [0.3, 0.4) is 0 Å². The van der Waals surface area contributed by atoms with Gasteiger partial charge in [0.2, 0.25) is 0 Å². The molecule has 0 bridgehead atoms. The lowest BCUT2D eigenvalue weighted by molar-refractivity contribution is 0.287. The van der Waals surface area contributed by atoms with E-state index in [0.29, 0.717) is 0 Å². The van der Waals surface area contributed by atoms with Crippen molar-refractivity contribution >= 4 is 11.6 Å². The molecule has 0 spiro atoms. The van der Waals surface area contributed by atoms with Gasteiger partial charge in [-0.3, -0.25) is 0 Å². The topological polar surface area (TPSA) is 12.0 Å². The van der Waals surface area contributed by atoms with Crippen LogP contribution in [0.5, 0.6) is 0 Å². The Bertz CT molecular complexity index is 301. The van der Waals surface area contributed by atoms with Gasteiger partial charge in [0.05, 0.1) is 0 Å². The number of halogens is 1. The van der Waals surface area contributed by atoms with E-state index in [9.17, 15) is 0 Å². The van der Waals surface area contributed by atoms with Gasteiger partial charge in [0.1, 0.15) is 0 Å². The molecule has 0 heterocycles. The lowest BCUT2D eigenvalue weighted by Crippen LogP contribution is -2.29. The SMILES string of the molecule is CNC(c1ccccc1Cl)C(C)(C)C. The molecule has 0 aliphatic heterocycles. The standard InChI is InChI=1S/C12H18ClN/c1-12(2,3)11(14-4)9-7-5-6-8-10(9)13/h5-8,11,14H,1-4H3. The second-order valence-corrected chi connectivity index (χ2v) is 5.02. The predicted octanol–water partition coefficient (Wildman–Crippen LogP) is 3.65.